The van der Waals surface area contributed by atoms with Crippen molar-refractivity contribution >= 4 is 5.69 Å². The third-order valence-corrected chi connectivity index (χ3v) is 7.27. The monoisotopic (exact) mass is 476 g/mol. The van der Waals surface area contributed by atoms with Gasteiger partial charge in [0.25, 0.3) is 0 Å². The lowest BCUT2D eigenvalue weighted by molar-refractivity contribution is -0.0896. The van der Waals surface area contributed by atoms with E-state index in [0.717, 1.165) is 32.6 Å². The van der Waals surface area contributed by atoms with Crippen LogP contribution in [0.5, 0.6) is 0 Å². The molecule has 1 heterocycles. The lowest BCUT2D eigenvalue weighted by Crippen LogP contribution is -2.54. The van der Waals surface area contributed by atoms with E-state index in [0.29, 0.717) is 0 Å². The van der Waals surface area contributed by atoms with Gasteiger partial charge in [0, 0.05) is 18.8 Å². The molecule has 0 spiro atoms. The van der Waals surface area contributed by atoms with Gasteiger partial charge in [-0.05, 0) is 59.8 Å². The maximum Gasteiger partial charge on any atom is 0.129 e. The topological polar surface area (TPSA) is 15.7 Å². The summed E-state index contributed by atoms with van der Waals surface area (Å²) in [5.41, 5.74) is 7.65. The van der Waals surface area contributed by atoms with Crippen LogP contribution in [-0.2, 0) is 11.2 Å². The van der Waals surface area contributed by atoms with E-state index in [9.17, 15) is 0 Å². The first-order valence-corrected chi connectivity index (χ1v) is 13.1. The summed E-state index contributed by atoms with van der Waals surface area (Å²) in [5.74, 6) is 0. The number of hydrogen-bond donors (Lipinski definition) is 0. The number of aryl methyl sites for hydroxylation is 1. The van der Waals surface area contributed by atoms with E-state index in [1.54, 1.807) is 0 Å². The Kier molecular flexibility index (Phi) is 7.80. The number of ether oxygens (including phenoxy) is 1. The Labute approximate surface area is 216 Å². The van der Waals surface area contributed by atoms with Crippen molar-refractivity contribution in [3.8, 4) is 0 Å². The van der Waals surface area contributed by atoms with Gasteiger partial charge in [0.1, 0.15) is 12.3 Å². The molecule has 1 fully saturated rings. The highest BCUT2D eigenvalue weighted by Gasteiger charge is 2.30. The Morgan fingerprint density at radius 2 is 1.39 bits per heavy atom. The molecule has 36 heavy (non-hydrogen) atoms. The van der Waals surface area contributed by atoms with Gasteiger partial charge in [0.15, 0.2) is 0 Å². The van der Waals surface area contributed by atoms with Crippen LogP contribution in [0.3, 0.4) is 0 Å². The quantitative estimate of drug-likeness (QED) is 0.276. The van der Waals surface area contributed by atoms with E-state index in [1.807, 2.05) is 0 Å². The summed E-state index contributed by atoms with van der Waals surface area (Å²) >= 11 is 0. The molecule has 0 radical (unpaired) electrons. The second kappa shape index (κ2) is 11.6. The van der Waals surface area contributed by atoms with Gasteiger partial charge in [-0.3, -0.25) is 4.90 Å². The molecule has 5 rings (SSSR count). The molecule has 0 bridgehead atoms. The van der Waals surface area contributed by atoms with E-state index in [-0.39, 0.29) is 12.3 Å². The molecule has 3 heteroatoms. The largest absolute Gasteiger partial charge is 0.366 e. The number of rotatable bonds is 8. The molecule has 1 aliphatic rings. The van der Waals surface area contributed by atoms with Crippen molar-refractivity contribution in [2.45, 2.75) is 32.6 Å². The maximum absolute atomic E-state index is 6.99. The van der Waals surface area contributed by atoms with Crippen molar-refractivity contribution in [3.63, 3.8) is 0 Å². The molecular formula is C33H36N2O. The van der Waals surface area contributed by atoms with Gasteiger partial charge in [0.2, 0.25) is 0 Å². The van der Waals surface area contributed by atoms with Crippen molar-refractivity contribution in [2.75, 3.05) is 31.1 Å². The maximum atomic E-state index is 6.99. The van der Waals surface area contributed by atoms with Crippen molar-refractivity contribution < 1.29 is 4.74 Å². The summed E-state index contributed by atoms with van der Waals surface area (Å²) in [7, 11) is 0. The number of likely N-dealkylation sites (N-methyl/N-ethyl adjacent to an activating group) is 1. The van der Waals surface area contributed by atoms with Gasteiger partial charge in [-0.1, -0.05) is 104 Å². The lowest BCUT2D eigenvalue weighted by atomic mass is 9.97. The molecule has 2 atom stereocenters. The first kappa shape index (κ1) is 24.3. The number of nitrogens with zero attached hydrogens (tertiary/aromatic N) is 2. The highest BCUT2D eigenvalue weighted by Crippen LogP contribution is 2.32. The van der Waals surface area contributed by atoms with Crippen LogP contribution in [0.25, 0.3) is 0 Å². The summed E-state index contributed by atoms with van der Waals surface area (Å²) in [6.07, 6.45) is 0.878. The highest BCUT2D eigenvalue weighted by molar-refractivity contribution is 5.49. The molecule has 1 saturated heterocycles. The van der Waals surface area contributed by atoms with Gasteiger partial charge >= 0.3 is 0 Å². The second-order valence-electron chi connectivity index (χ2n) is 9.64. The fourth-order valence-corrected chi connectivity index (χ4v) is 5.17. The van der Waals surface area contributed by atoms with Crippen LogP contribution in [0.15, 0.2) is 109 Å². The summed E-state index contributed by atoms with van der Waals surface area (Å²) in [5, 5.41) is 0. The predicted octanol–water partition coefficient (Wildman–Crippen LogP) is 6.86. The standard InChI is InChI=1S/C33H36N2O/c1-3-34-22-23-35(30-20-18-28(19-21-30)24-27-13-6-4-7-14-27)25-32(34)36-33(29-15-8-5-9-16-29)31-17-11-10-12-26(31)2/h4-21,32-33H,3,22-25H2,1-2H3. The molecule has 1 aliphatic heterocycles. The fraction of sp³-hybridized carbons (Fsp3) is 0.273. The minimum Gasteiger partial charge on any atom is -0.366 e. The zero-order chi connectivity index (χ0) is 24.7. The van der Waals surface area contributed by atoms with Crippen LogP contribution in [0.2, 0.25) is 0 Å². The van der Waals surface area contributed by atoms with Gasteiger partial charge < -0.3 is 9.64 Å². The van der Waals surface area contributed by atoms with Crippen LogP contribution in [-0.4, -0.2) is 37.3 Å². The van der Waals surface area contributed by atoms with E-state index in [4.69, 9.17) is 4.74 Å². The molecule has 0 aliphatic carbocycles. The molecule has 2 unspecified atom stereocenters. The van der Waals surface area contributed by atoms with E-state index >= 15 is 0 Å². The Bertz CT molecular complexity index is 1220. The highest BCUT2D eigenvalue weighted by atomic mass is 16.5. The minimum absolute atomic E-state index is 0.0116. The van der Waals surface area contributed by atoms with Crippen molar-refractivity contribution in [1.82, 2.24) is 4.90 Å². The molecule has 0 aromatic heterocycles. The normalized spacial score (nSPS) is 17.2. The number of benzene rings is 4. The first-order valence-electron chi connectivity index (χ1n) is 13.1. The average molecular weight is 477 g/mol. The zero-order valence-corrected chi connectivity index (χ0v) is 21.4. The first-order chi connectivity index (χ1) is 17.7. The van der Waals surface area contributed by atoms with Crippen LogP contribution in [0.4, 0.5) is 5.69 Å². The zero-order valence-electron chi connectivity index (χ0n) is 21.4. The van der Waals surface area contributed by atoms with Gasteiger partial charge in [0.05, 0.1) is 6.54 Å². The lowest BCUT2D eigenvalue weighted by Gasteiger charge is -2.43. The van der Waals surface area contributed by atoms with Crippen LogP contribution in [0.1, 0.15) is 40.8 Å². The Hall–Kier alpha value is -3.40. The fourth-order valence-electron chi connectivity index (χ4n) is 5.17. The number of piperazine rings is 1. The van der Waals surface area contributed by atoms with E-state index in [2.05, 4.69) is 133 Å². The third-order valence-electron chi connectivity index (χ3n) is 7.27. The Morgan fingerprint density at radius 3 is 2.08 bits per heavy atom. The number of hydrogen-bond acceptors (Lipinski definition) is 3. The van der Waals surface area contributed by atoms with Crippen LogP contribution >= 0.6 is 0 Å². The molecule has 0 saturated carbocycles. The number of anilines is 1. The summed E-state index contributed by atoms with van der Waals surface area (Å²) in [6.45, 7) is 8.23. The average Bonchev–Trinajstić information content (AvgIpc) is 2.93. The second-order valence-corrected chi connectivity index (χ2v) is 9.64. The molecule has 184 valence electrons. The van der Waals surface area contributed by atoms with Gasteiger partial charge in [-0.15, -0.1) is 0 Å². The molecule has 4 aromatic rings. The molecular weight excluding hydrogens is 440 g/mol. The van der Waals surface area contributed by atoms with E-state index < -0.39 is 0 Å². The predicted molar refractivity (Wildman–Crippen MR) is 149 cm³/mol. The van der Waals surface area contributed by atoms with E-state index in [1.165, 1.54) is 33.5 Å². The molecule has 3 nitrogen and oxygen atoms in total. The van der Waals surface area contributed by atoms with Crippen LogP contribution < -0.4 is 4.90 Å². The summed E-state index contributed by atoms with van der Waals surface area (Å²) in [4.78, 5) is 4.94. The smallest absolute Gasteiger partial charge is 0.129 e. The van der Waals surface area contributed by atoms with Crippen molar-refractivity contribution in [3.05, 3.63) is 137 Å². The summed E-state index contributed by atoms with van der Waals surface area (Å²) < 4.78 is 6.99. The molecule has 4 aromatic carbocycles. The SMILES string of the molecule is CCN1CCN(c2ccc(Cc3ccccc3)cc2)CC1OC(c1ccccc1)c1ccccc1C. The van der Waals surface area contributed by atoms with Gasteiger partial charge in [-0.25, -0.2) is 0 Å². The Morgan fingerprint density at radius 1 is 0.750 bits per heavy atom. The molecule has 0 N–H and O–H groups in total. The third kappa shape index (κ3) is 5.70. The van der Waals surface area contributed by atoms with Crippen molar-refractivity contribution in [1.29, 1.82) is 0 Å². The van der Waals surface area contributed by atoms with Crippen molar-refractivity contribution in [2.24, 2.45) is 0 Å². The summed E-state index contributed by atoms with van der Waals surface area (Å²) in [6, 6.07) is 39.0. The molecule has 0 amide bonds. The van der Waals surface area contributed by atoms with Crippen LogP contribution in [0, 0.1) is 6.92 Å². The Balaban J connectivity index is 1.35. The van der Waals surface area contributed by atoms with Gasteiger partial charge in [-0.2, -0.15) is 0 Å². The minimum atomic E-state index is -0.0975.